The first-order chi connectivity index (χ1) is 4.20. The summed E-state index contributed by atoms with van der Waals surface area (Å²) >= 11 is 5.95. The van der Waals surface area contributed by atoms with Crippen molar-refractivity contribution < 1.29 is 0 Å². The van der Waals surface area contributed by atoms with Crippen molar-refractivity contribution in [3.05, 3.63) is 23.3 Å². The van der Waals surface area contributed by atoms with Gasteiger partial charge in [-0.3, -0.25) is 0 Å². The van der Waals surface area contributed by atoms with Gasteiger partial charge < -0.3 is 0 Å². The summed E-state index contributed by atoms with van der Waals surface area (Å²) in [6, 6.07) is 0. The number of alkyl halides is 1. The third kappa shape index (κ3) is 1.59. The fourth-order valence-electron chi connectivity index (χ4n) is 0.890. The third-order valence-electron chi connectivity index (χ3n) is 1.63. The summed E-state index contributed by atoms with van der Waals surface area (Å²) in [5.41, 5.74) is 2.66. The molecule has 0 saturated carbocycles. The Labute approximate surface area is 61.2 Å². The summed E-state index contributed by atoms with van der Waals surface area (Å²) in [4.78, 5) is 0. The van der Waals surface area contributed by atoms with Crippen LogP contribution < -0.4 is 0 Å². The first kappa shape index (κ1) is 6.88. The SMILES string of the molecule is CC1=CC=C(C)C(Cl)C1. The van der Waals surface area contributed by atoms with Crippen LogP contribution in [0.5, 0.6) is 0 Å². The van der Waals surface area contributed by atoms with Gasteiger partial charge in [0.1, 0.15) is 0 Å². The van der Waals surface area contributed by atoms with Gasteiger partial charge in [-0.05, 0) is 20.3 Å². The maximum atomic E-state index is 5.95. The van der Waals surface area contributed by atoms with E-state index in [4.69, 9.17) is 11.6 Å². The van der Waals surface area contributed by atoms with Gasteiger partial charge in [0.25, 0.3) is 0 Å². The van der Waals surface area contributed by atoms with E-state index in [1.165, 1.54) is 11.1 Å². The summed E-state index contributed by atoms with van der Waals surface area (Å²) < 4.78 is 0. The second kappa shape index (κ2) is 2.57. The molecule has 1 aliphatic carbocycles. The number of halogens is 1. The maximum Gasteiger partial charge on any atom is 0.0582 e. The molecule has 0 N–H and O–H groups in total. The van der Waals surface area contributed by atoms with E-state index in [1.54, 1.807) is 0 Å². The smallest absolute Gasteiger partial charge is 0.0582 e. The van der Waals surface area contributed by atoms with E-state index in [0.29, 0.717) is 0 Å². The minimum absolute atomic E-state index is 0.245. The van der Waals surface area contributed by atoms with Crippen molar-refractivity contribution in [3.63, 3.8) is 0 Å². The summed E-state index contributed by atoms with van der Waals surface area (Å²) in [5, 5.41) is 0.245. The third-order valence-corrected chi connectivity index (χ3v) is 2.12. The lowest BCUT2D eigenvalue weighted by Crippen LogP contribution is -2.03. The van der Waals surface area contributed by atoms with E-state index in [1.807, 2.05) is 0 Å². The highest BCUT2D eigenvalue weighted by molar-refractivity contribution is 6.22. The predicted octanol–water partition coefficient (Wildman–Crippen LogP) is 2.89. The highest BCUT2D eigenvalue weighted by atomic mass is 35.5. The van der Waals surface area contributed by atoms with Gasteiger partial charge in [-0.1, -0.05) is 23.3 Å². The molecule has 1 heteroatoms. The van der Waals surface area contributed by atoms with E-state index in [-0.39, 0.29) is 5.38 Å². The second-order valence-electron chi connectivity index (χ2n) is 2.60. The van der Waals surface area contributed by atoms with Gasteiger partial charge in [0.2, 0.25) is 0 Å². The molecular formula is C8H11Cl. The van der Waals surface area contributed by atoms with Crippen LogP contribution in [-0.4, -0.2) is 5.38 Å². The molecule has 50 valence electrons. The zero-order valence-electron chi connectivity index (χ0n) is 5.82. The lowest BCUT2D eigenvalue weighted by molar-refractivity contribution is 0.914. The summed E-state index contributed by atoms with van der Waals surface area (Å²) in [6.07, 6.45) is 5.24. The average molecular weight is 143 g/mol. The molecule has 0 bridgehead atoms. The van der Waals surface area contributed by atoms with Crippen molar-refractivity contribution >= 4 is 11.6 Å². The standard InChI is InChI=1S/C8H11Cl/c1-6-3-4-7(2)8(9)5-6/h3-4,8H,5H2,1-2H3. The number of allylic oxidation sites excluding steroid dienone is 4. The van der Waals surface area contributed by atoms with Crippen LogP contribution in [0.1, 0.15) is 20.3 Å². The van der Waals surface area contributed by atoms with Crippen molar-refractivity contribution in [1.82, 2.24) is 0 Å². The summed E-state index contributed by atoms with van der Waals surface area (Å²) in [7, 11) is 0. The quantitative estimate of drug-likeness (QED) is 0.457. The zero-order chi connectivity index (χ0) is 6.85. The second-order valence-corrected chi connectivity index (χ2v) is 3.12. The molecule has 1 atom stereocenters. The molecule has 1 unspecified atom stereocenters. The van der Waals surface area contributed by atoms with E-state index < -0.39 is 0 Å². The van der Waals surface area contributed by atoms with Gasteiger partial charge >= 0.3 is 0 Å². The Hall–Kier alpha value is -0.230. The van der Waals surface area contributed by atoms with Crippen LogP contribution in [0.3, 0.4) is 0 Å². The normalized spacial score (nSPS) is 27.2. The zero-order valence-corrected chi connectivity index (χ0v) is 6.57. The lowest BCUT2D eigenvalue weighted by atomic mass is 10.0. The van der Waals surface area contributed by atoms with Gasteiger partial charge in [0.05, 0.1) is 5.38 Å². The number of rotatable bonds is 0. The number of hydrogen-bond donors (Lipinski definition) is 0. The first-order valence-corrected chi connectivity index (χ1v) is 3.62. The van der Waals surface area contributed by atoms with Crippen LogP contribution >= 0.6 is 11.6 Å². The van der Waals surface area contributed by atoms with E-state index in [2.05, 4.69) is 26.0 Å². The van der Waals surface area contributed by atoms with Crippen LogP contribution in [-0.2, 0) is 0 Å². The molecule has 0 aliphatic heterocycles. The molecule has 0 spiro atoms. The van der Waals surface area contributed by atoms with E-state index >= 15 is 0 Å². The van der Waals surface area contributed by atoms with E-state index in [0.717, 1.165) is 6.42 Å². The Bertz CT molecular complexity index is 165. The Morgan fingerprint density at radius 2 is 2.11 bits per heavy atom. The fourth-order valence-corrected chi connectivity index (χ4v) is 1.21. The Kier molecular flexibility index (Phi) is 1.97. The average Bonchev–Trinajstić information content (AvgIpc) is 1.80. The van der Waals surface area contributed by atoms with Gasteiger partial charge in [0, 0.05) is 0 Å². The Balaban J connectivity index is 2.74. The van der Waals surface area contributed by atoms with Crippen LogP contribution in [0, 0.1) is 0 Å². The molecule has 9 heavy (non-hydrogen) atoms. The lowest BCUT2D eigenvalue weighted by Gasteiger charge is -2.13. The van der Waals surface area contributed by atoms with Gasteiger partial charge in [0.15, 0.2) is 0 Å². The molecule has 0 saturated heterocycles. The van der Waals surface area contributed by atoms with Gasteiger partial charge in [-0.25, -0.2) is 0 Å². The van der Waals surface area contributed by atoms with Crippen LogP contribution in [0.2, 0.25) is 0 Å². The van der Waals surface area contributed by atoms with Crippen molar-refractivity contribution in [2.45, 2.75) is 25.6 Å². The Morgan fingerprint density at radius 1 is 1.44 bits per heavy atom. The summed E-state index contributed by atoms with van der Waals surface area (Å²) in [6.45, 7) is 4.18. The minimum atomic E-state index is 0.245. The van der Waals surface area contributed by atoms with Crippen LogP contribution in [0.25, 0.3) is 0 Å². The topological polar surface area (TPSA) is 0 Å². The fraction of sp³-hybridized carbons (Fsp3) is 0.500. The molecule has 0 nitrogen and oxygen atoms in total. The van der Waals surface area contributed by atoms with Crippen molar-refractivity contribution in [2.75, 3.05) is 0 Å². The highest BCUT2D eigenvalue weighted by Crippen LogP contribution is 2.22. The molecule has 0 aromatic carbocycles. The van der Waals surface area contributed by atoms with Crippen LogP contribution in [0.4, 0.5) is 0 Å². The molecule has 0 aromatic rings. The van der Waals surface area contributed by atoms with Gasteiger partial charge in [-0.15, -0.1) is 11.6 Å². The summed E-state index contributed by atoms with van der Waals surface area (Å²) in [5.74, 6) is 0. The van der Waals surface area contributed by atoms with Crippen molar-refractivity contribution in [1.29, 1.82) is 0 Å². The van der Waals surface area contributed by atoms with Crippen LogP contribution in [0.15, 0.2) is 23.3 Å². The molecular weight excluding hydrogens is 132 g/mol. The molecule has 0 aromatic heterocycles. The van der Waals surface area contributed by atoms with E-state index in [9.17, 15) is 0 Å². The van der Waals surface area contributed by atoms with Gasteiger partial charge in [-0.2, -0.15) is 0 Å². The van der Waals surface area contributed by atoms with Crippen molar-refractivity contribution in [3.8, 4) is 0 Å². The first-order valence-electron chi connectivity index (χ1n) is 3.18. The minimum Gasteiger partial charge on any atom is -0.118 e. The molecule has 1 rings (SSSR count). The largest absolute Gasteiger partial charge is 0.118 e. The Morgan fingerprint density at radius 3 is 2.56 bits per heavy atom. The molecule has 0 heterocycles. The predicted molar refractivity (Wildman–Crippen MR) is 41.8 cm³/mol. The maximum absolute atomic E-state index is 5.95. The molecule has 0 amide bonds. The molecule has 0 radical (unpaired) electrons. The monoisotopic (exact) mass is 142 g/mol. The molecule has 0 fully saturated rings. The molecule has 1 aliphatic rings. The number of hydrogen-bond acceptors (Lipinski definition) is 0. The van der Waals surface area contributed by atoms with Crippen molar-refractivity contribution in [2.24, 2.45) is 0 Å². The highest BCUT2D eigenvalue weighted by Gasteiger charge is 2.09.